The van der Waals surface area contributed by atoms with Crippen LogP contribution >= 0.6 is 0 Å². The standard InChI is InChI=1S/C14H21NO3S/c1-3-18-10-14(15)12(11-8-6-5-7-9-11)13(14)19(16,17)4-2/h5-9,12-13H,3-4,10,15H2,1-2H3/t12-,13+,14+/m1/s1. The Morgan fingerprint density at radius 2 is 1.89 bits per heavy atom. The monoisotopic (exact) mass is 283 g/mol. The molecule has 0 unspecified atom stereocenters. The second-order valence-electron chi connectivity index (χ2n) is 5.01. The first-order chi connectivity index (χ1) is 8.97. The van der Waals surface area contributed by atoms with Gasteiger partial charge in [-0.15, -0.1) is 0 Å². The summed E-state index contributed by atoms with van der Waals surface area (Å²) in [7, 11) is -3.17. The molecule has 1 saturated carbocycles. The van der Waals surface area contributed by atoms with Crippen LogP contribution in [-0.4, -0.2) is 38.2 Å². The Morgan fingerprint density at radius 1 is 1.26 bits per heavy atom. The maximum Gasteiger partial charge on any atom is 0.155 e. The molecule has 19 heavy (non-hydrogen) atoms. The van der Waals surface area contributed by atoms with Crippen molar-refractivity contribution in [1.82, 2.24) is 0 Å². The molecule has 1 aromatic carbocycles. The molecule has 5 heteroatoms. The third kappa shape index (κ3) is 2.55. The Kier molecular flexibility index (Phi) is 3.99. The predicted octanol–water partition coefficient (Wildman–Crippen LogP) is 1.32. The molecular weight excluding hydrogens is 262 g/mol. The molecular formula is C14H21NO3S. The zero-order valence-electron chi connectivity index (χ0n) is 11.4. The minimum absolute atomic E-state index is 0.117. The van der Waals surface area contributed by atoms with Crippen LogP contribution in [-0.2, 0) is 14.6 Å². The van der Waals surface area contributed by atoms with Gasteiger partial charge < -0.3 is 10.5 Å². The van der Waals surface area contributed by atoms with Crippen LogP contribution in [0.25, 0.3) is 0 Å². The fourth-order valence-corrected chi connectivity index (χ4v) is 4.73. The molecule has 1 aliphatic rings. The summed E-state index contributed by atoms with van der Waals surface area (Å²) in [6.45, 7) is 4.37. The van der Waals surface area contributed by atoms with Gasteiger partial charge in [0.15, 0.2) is 9.84 Å². The first-order valence-electron chi connectivity index (χ1n) is 6.60. The molecule has 0 saturated heterocycles. The van der Waals surface area contributed by atoms with E-state index in [4.69, 9.17) is 10.5 Å². The largest absolute Gasteiger partial charge is 0.380 e. The Labute approximate surface area is 114 Å². The van der Waals surface area contributed by atoms with Crippen molar-refractivity contribution in [2.45, 2.75) is 30.6 Å². The molecule has 0 amide bonds. The minimum Gasteiger partial charge on any atom is -0.380 e. The lowest BCUT2D eigenvalue weighted by Gasteiger charge is -2.11. The fourth-order valence-electron chi connectivity index (χ4n) is 2.74. The third-order valence-electron chi connectivity index (χ3n) is 3.81. The van der Waals surface area contributed by atoms with Crippen molar-refractivity contribution >= 4 is 9.84 Å². The van der Waals surface area contributed by atoms with E-state index in [9.17, 15) is 8.42 Å². The number of ether oxygens (including phenoxy) is 1. The van der Waals surface area contributed by atoms with Gasteiger partial charge in [0.05, 0.1) is 17.4 Å². The van der Waals surface area contributed by atoms with Gasteiger partial charge in [-0.3, -0.25) is 0 Å². The molecule has 1 aliphatic carbocycles. The Bertz CT molecular complexity index is 529. The van der Waals surface area contributed by atoms with Crippen LogP contribution in [0.4, 0.5) is 0 Å². The van der Waals surface area contributed by atoms with E-state index in [0.29, 0.717) is 6.61 Å². The van der Waals surface area contributed by atoms with Gasteiger partial charge in [-0.2, -0.15) is 0 Å². The Balaban J connectivity index is 2.31. The second kappa shape index (κ2) is 5.23. The molecule has 0 aromatic heterocycles. The summed E-state index contributed by atoms with van der Waals surface area (Å²) in [5, 5.41) is -0.529. The minimum atomic E-state index is -3.17. The van der Waals surface area contributed by atoms with Crippen LogP contribution in [0.5, 0.6) is 0 Å². The molecule has 1 aromatic rings. The highest BCUT2D eigenvalue weighted by Crippen LogP contribution is 2.54. The van der Waals surface area contributed by atoms with Crippen molar-refractivity contribution in [2.75, 3.05) is 19.0 Å². The van der Waals surface area contributed by atoms with Crippen molar-refractivity contribution in [1.29, 1.82) is 0 Å². The molecule has 0 spiro atoms. The highest BCUT2D eigenvalue weighted by Gasteiger charge is 2.68. The SMILES string of the molecule is CCOC[C@]1(N)[C@H](c2ccccc2)[C@@H]1S(=O)(=O)CC. The Morgan fingerprint density at radius 3 is 2.42 bits per heavy atom. The predicted molar refractivity (Wildman–Crippen MR) is 75.8 cm³/mol. The molecule has 106 valence electrons. The summed E-state index contributed by atoms with van der Waals surface area (Å²) in [5.74, 6) is -0.0447. The number of nitrogens with two attached hydrogens (primary N) is 1. The fraction of sp³-hybridized carbons (Fsp3) is 0.571. The first-order valence-corrected chi connectivity index (χ1v) is 8.32. The number of rotatable bonds is 6. The van der Waals surface area contributed by atoms with Crippen molar-refractivity contribution in [3.05, 3.63) is 35.9 Å². The smallest absolute Gasteiger partial charge is 0.155 e. The number of sulfone groups is 1. The molecule has 3 atom stereocenters. The quantitative estimate of drug-likeness (QED) is 0.855. The average molecular weight is 283 g/mol. The van der Waals surface area contributed by atoms with E-state index in [1.807, 2.05) is 37.3 Å². The molecule has 1 fully saturated rings. The number of hydrogen-bond acceptors (Lipinski definition) is 4. The molecule has 4 nitrogen and oxygen atoms in total. The van der Waals surface area contributed by atoms with Crippen molar-refractivity contribution < 1.29 is 13.2 Å². The van der Waals surface area contributed by atoms with Crippen LogP contribution < -0.4 is 5.73 Å². The van der Waals surface area contributed by atoms with E-state index in [-0.39, 0.29) is 18.3 Å². The van der Waals surface area contributed by atoms with E-state index >= 15 is 0 Å². The summed E-state index contributed by atoms with van der Waals surface area (Å²) in [6, 6.07) is 9.59. The summed E-state index contributed by atoms with van der Waals surface area (Å²) in [6.07, 6.45) is 0. The van der Waals surface area contributed by atoms with E-state index in [1.54, 1.807) is 6.92 Å². The van der Waals surface area contributed by atoms with Crippen LogP contribution in [0.2, 0.25) is 0 Å². The van der Waals surface area contributed by atoms with E-state index in [0.717, 1.165) is 5.56 Å². The summed E-state index contributed by atoms with van der Waals surface area (Å²) < 4.78 is 29.8. The number of hydrogen-bond donors (Lipinski definition) is 1. The zero-order valence-corrected chi connectivity index (χ0v) is 12.2. The maximum atomic E-state index is 12.2. The summed E-state index contributed by atoms with van der Waals surface area (Å²) in [4.78, 5) is 0. The van der Waals surface area contributed by atoms with E-state index in [1.165, 1.54) is 0 Å². The topological polar surface area (TPSA) is 69.4 Å². The molecule has 2 rings (SSSR count). The highest BCUT2D eigenvalue weighted by molar-refractivity contribution is 7.92. The van der Waals surface area contributed by atoms with Gasteiger partial charge in [0.25, 0.3) is 0 Å². The lowest BCUT2D eigenvalue weighted by molar-refractivity contribution is 0.125. The van der Waals surface area contributed by atoms with Gasteiger partial charge in [0.1, 0.15) is 0 Å². The zero-order chi connectivity index (χ0) is 14.1. The van der Waals surface area contributed by atoms with E-state index in [2.05, 4.69) is 0 Å². The van der Waals surface area contributed by atoms with Crippen molar-refractivity contribution in [3.8, 4) is 0 Å². The van der Waals surface area contributed by atoms with Gasteiger partial charge in [0, 0.05) is 18.3 Å². The van der Waals surface area contributed by atoms with Gasteiger partial charge in [-0.25, -0.2) is 8.42 Å². The molecule has 0 bridgehead atoms. The lowest BCUT2D eigenvalue weighted by Crippen LogP contribution is -2.36. The third-order valence-corrected chi connectivity index (χ3v) is 6.10. The van der Waals surface area contributed by atoms with Gasteiger partial charge in [-0.05, 0) is 12.5 Å². The summed E-state index contributed by atoms with van der Waals surface area (Å²) in [5.41, 5.74) is 6.50. The first kappa shape index (κ1) is 14.5. The van der Waals surface area contributed by atoms with Crippen LogP contribution in [0.1, 0.15) is 25.3 Å². The molecule has 0 heterocycles. The Hall–Kier alpha value is -0.910. The van der Waals surface area contributed by atoms with Crippen LogP contribution in [0.15, 0.2) is 30.3 Å². The maximum absolute atomic E-state index is 12.2. The number of benzene rings is 1. The average Bonchev–Trinajstić information content (AvgIpc) is 3.05. The molecule has 2 N–H and O–H groups in total. The van der Waals surface area contributed by atoms with Gasteiger partial charge >= 0.3 is 0 Å². The van der Waals surface area contributed by atoms with Crippen LogP contribution in [0, 0.1) is 0 Å². The summed E-state index contributed by atoms with van der Waals surface area (Å²) >= 11 is 0. The van der Waals surface area contributed by atoms with Gasteiger partial charge in [-0.1, -0.05) is 37.3 Å². The lowest BCUT2D eigenvalue weighted by atomic mass is 10.1. The van der Waals surface area contributed by atoms with E-state index < -0.39 is 20.6 Å². The normalized spacial score (nSPS) is 30.3. The van der Waals surface area contributed by atoms with Crippen molar-refractivity contribution in [2.24, 2.45) is 5.73 Å². The molecule has 0 radical (unpaired) electrons. The van der Waals surface area contributed by atoms with Crippen molar-refractivity contribution in [3.63, 3.8) is 0 Å². The van der Waals surface area contributed by atoms with Crippen LogP contribution in [0.3, 0.4) is 0 Å². The molecule has 0 aliphatic heterocycles. The van der Waals surface area contributed by atoms with Gasteiger partial charge in [0.2, 0.25) is 0 Å². The second-order valence-corrected chi connectivity index (χ2v) is 7.42. The highest BCUT2D eigenvalue weighted by atomic mass is 32.2.